The summed E-state index contributed by atoms with van der Waals surface area (Å²) < 4.78 is 11.8. The largest absolute Gasteiger partial charge is 0.496 e. The number of benzene rings is 3. The Hall–Kier alpha value is -3.71. The molecule has 1 heterocycles. The van der Waals surface area contributed by atoms with Gasteiger partial charge in [-0.3, -0.25) is 4.79 Å². The number of hydrogen-bond donors (Lipinski definition) is 1. The van der Waals surface area contributed by atoms with Gasteiger partial charge in [-0.15, -0.1) is 11.3 Å². The fourth-order valence-electron chi connectivity index (χ4n) is 3.63. The molecule has 1 atom stereocenters. The third-order valence-corrected chi connectivity index (χ3v) is 6.27. The molecule has 1 unspecified atom stereocenters. The number of rotatable bonds is 8. The zero-order valence-electron chi connectivity index (χ0n) is 18.4. The van der Waals surface area contributed by atoms with E-state index in [0.717, 1.165) is 26.4 Å². The predicted octanol–water partition coefficient (Wildman–Crippen LogP) is 4.93. The molecule has 4 rings (SSSR count). The minimum Gasteiger partial charge on any atom is -0.496 e. The maximum Gasteiger partial charge on any atom is 0.338 e. The first-order valence-corrected chi connectivity index (χ1v) is 11.4. The molecule has 0 spiro atoms. The lowest BCUT2D eigenvalue weighted by Gasteiger charge is -2.17. The summed E-state index contributed by atoms with van der Waals surface area (Å²) in [6.45, 7) is 1.48. The Labute approximate surface area is 196 Å². The van der Waals surface area contributed by atoms with E-state index < -0.39 is 5.97 Å². The van der Waals surface area contributed by atoms with Gasteiger partial charge in [0.15, 0.2) is 6.61 Å². The van der Waals surface area contributed by atoms with Crippen LogP contribution in [-0.2, 0) is 16.0 Å². The summed E-state index contributed by atoms with van der Waals surface area (Å²) in [6, 6.07) is 22.4. The van der Waals surface area contributed by atoms with Crippen molar-refractivity contribution in [2.45, 2.75) is 19.4 Å². The molecule has 4 aromatic rings. The molecule has 0 saturated carbocycles. The Morgan fingerprint density at radius 3 is 2.55 bits per heavy atom. The highest BCUT2D eigenvalue weighted by molar-refractivity contribution is 7.18. The molecule has 3 aromatic carbocycles. The summed E-state index contributed by atoms with van der Waals surface area (Å²) in [6.07, 6.45) is 0.516. The van der Waals surface area contributed by atoms with Crippen LogP contribution in [0.2, 0.25) is 0 Å². The van der Waals surface area contributed by atoms with Gasteiger partial charge in [0.05, 0.1) is 33.9 Å². The lowest BCUT2D eigenvalue weighted by Crippen LogP contribution is -2.31. The number of hydrogen-bond acceptors (Lipinski definition) is 6. The summed E-state index contributed by atoms with van der Waals surface area (Å²) >= 11 is 1.60. The zero-order valence-corrected chi connectivity index (χ0v) is 19.2. The van der Waals surface area contributed by atoms with Gasteiger partial charge in [0, 0.05) is 12.0 Å². The second kappa shape index (κ2) is 10.3. The van der Waals surface area contributed by atoms with E-state index in [1.54, 1.807) is 30.6 Å². The highest BCUT2D eigenvalue weighted by Crippen LogP contribution is 2.26. The molecule has 6 nitrogen and oxygen atoms in total. The van der Waals surface area contributed by atoms with Crippen LogP contribution < -0.4 is 10.1 Å². The topological polar surface area (TPSA) is 77.5 Å². The van der Waals surface area contributed by atoms with Crippen LogP contribution in [0, 0.1) is 0 Å². The number of nitrogens with one attached hydrogen (secondary N) is 1. The molecule has 1 N–H and O–H groups in total. The first-order chi connectivity index (χ1) is 16.0. The monoisotopic (exact) mass is 460 g/mol. The van der Waals surface area contributed by atoms with Crippen molar-refractivity contribution >= 4 is 33.4 Å². The average molecular weight is 461 g/mol. The first kappa shape index (κ1) is 22.5. The van der Waals surface area contributed by atoms with Crippen molar-refractivity contribution in [3.8, 4) is 5.75 Å². The number of ether oxygens (including phenoxy) is 2. The van der Waals surface area contributed by atoms with Crippen molar-refractivity contribution in [2.75, 3.05) is 13.7 Å². The summed E-state index contributed by atoms with van der Waals surface area (Å²) in [7, 11) is 1.58. The number of thiazole rings is 1. The van der Waals surface area contributed by atoms with E-state index >= 15 is 0 Å². The third kappa shape index (κ3) is 5.38. The summed E-state index contributed by atoms with van der Waals surface area (Å²) in [5.41, 5.74) is 3.03. The van der Waals surface area contributed by atoms with Crippen molar-refractivity contribution in [1.29, 1.82) is 0 Å². The van der Waals surface area contributed by atoms with Crippen LogP contribution in [0.4, 0.5) is 0 Å². The molecule has 0 radical (unpaired) electrons. The summed E-state index contributed by atoms with van der Waals surface area (Å²) in [5, 5.41) is 3.76. The van der Waals surface area contributed by atoms with E-state index in [9.17, 15) is 9.59 Å². The number of carbonyl (C=O) groups is 2. The normalized spacial score (nSPS) is 11.7. The Morgan fingerprint density at radius 1 is 1.00 bits per heavy atom. The van der Waals surface area contributed by atoms with Gasteiger partial charge in [-0.05, 0) is 36.8 Å². The van der Waals surface area contributed by atoms with Gasteiger partial charge in [0.25, 0.3) is 5.91 Å². The maximum atomic E-state index is 12.7. The highest BCUT2D eigenvalue weighted by atomic mass is 32.1. The Balaban J connectivity index is 1.39. The van der Waals surface area contributed by atoms with Gasteiger partial charge in [-0.1, -0.05) is 48.5 Å². The van der Waals surface area contributed by atoms with E-state index in [2.05, 4.69) is 10.3 Å². The lowest BCUT2D eigenvalue weighted by atomic mass is 10.1. The second-order valence-electron chi connectivity index (χ2n) is 7.52. The number of fused-ring (bicyclic) bond motifs is 1. The SMILES string of the molecule is COc1ccccc1C(C)NC(=O)COC(=O)c1ccccc1Cc1nc2ccccc2s1. The molecule has 33 heavy (non-hydrogen) atoms. The molecule has 0 saturated heterocycles. The van der Waals surface area contributed by atoms with Crippen LogP contribution in [0.15, 0.2) is 72.8 Å². The van der Waals surface area contributed by atoms with Crippen LogP contribution >= 0.6 is 11.3 Å². The number of amides is 1. The number of aromatic nitrogens is 1. The minimum atomic E-state index is -0.535. The number of esters is 1. The summed E-state index contributed by atoms with van der Waals surface area (Å²) in [5.74, 6) is -0.233. The van der Waals surface area contributed by atoms with Gasteiger partial charge < -0.3 is 14.8 Å². The van der Waals surface area contributed by atoms with Crippen LogP contribution in [0.25, 0.3) is 10.2 Å². The molecule has 0 aliphatic heterocycles. The number of methoxy groups -OCH3 is 1. The van der Waals surface area contributed by atoms with Gasteiger partial charge in [-0.25, -0.2) is 9.78 Å². The van der Waals surface area contributed by atoms with E-state index in [1.165, 1.54) is 0 Å². The quantitative estimate of drug-likeness (QED) is 0.377. The van der Waals surface area contributed by atoms with E-state index in [1.807, 2.05) is 67.6 Å². The number of carbonyl (C=O) groups excluding carboxylic acids is 2. The molecule has 7 heteroatoms. The Bertz CT molecular complexity index is 1250. The van der Waals surface area contributed by atoms with Crippen molar-refractivity contribution in [2.24, 2.45) is 0 Å². The van der Waals surface area contributed by atoms with Gasteiger partial charge in [0.2, 0.25) is 0 Å². The van der Waals surface area contributed by atoms with Crippen molar-refractivity contribution in [3.63, 3.8) is 0 Å². The maximum absolute atomic E-state index is 12.7. The highest BCUT2D eigenvalue weighted by Gasteiger charge is 2.18. The molecule has 0 fully saturated rings. The average Bonchev–Trinajstić information content (AvgIpc) is 3.25. The fraction of sp³-hybridized carbons (Fsp3) is 0.192. The van der Waals surface area contributed by atoms with Crippen molar-refractivity contribution in [1.82, 2.24) is 10.3 Å². The number of nitrogens with zero attached hydrogens (tertiary/aromatic N) is 1. The molecular weight excluding hydrogens is 436 g/mol. The van der Waals surface area contributed by atoms with E-state index in [0.29, 0.717) is 17.7 Å². The van der Waals surface area contributed by atoms with Crippen LogP contribution in [0.1, 0.15) is 39.5 Å². The summed E-state index contributed by atoms with van der Waals surface area (Å²) in [4.78, 5) is 29.8. The van der Waals surface area contributed by atoms with Crippen molar-refractivity contribution < 1.29 is 19.1 Å². The minimum absolute atomic E-state index is 0.293. The fourth-order valence-corrected chi connectivity index (χ4v) is 4.62. The predicted molar refractivity (Wildman–Crippen MR) is 129 cm³/mol. The number of para-hydroxylation sites is 2. The molecule has 168 valence electrons. The van der Waals surface area contributed by atoms with Gasteiger partial charge in [0.1, 0.15) is 5.75 Å². The Morgan fingerprint density at radius 2 is 1.73 bits per heavy atom. The smallest absolute Gasteiger partial charge is 0.338 e. The Kier molecular flexibility index (Phi) is 7.00. The van der Waals surface area contributed by atoms with E-state index in [-0.39, 0.29) is 18.6 Å². The van der Waals surface area contributed by atoms with Crippen LogP contribution in [0.5, 0.6) is 5.75 Å². The van der Waals surface area contributed by atoms with Crippen LogP contribution in [-0.4, -0.2) is 30.6 Å². The molecule has 0 bridgehead atoms. The first-order valence-electron chi connectivity index (χ1n) is 10.6. The molecule has 1 aromatic heterocycles. The molecule has 0 aliphatic rings. The standard InChI is InChI=1S/C26H24N2O4S/c1-17(19-10-5-7-13-22(19)31-2)27-24(29)16-32-26(30)20-11-4-3-9-18(20)15-25-28-21-12-6-8-14-23(21)33-25/h3-14,17H,15-16H2,1-2H3,(H,27,29). The molecule has 1 amide bonds. The van der Waals surface area contributed by atoms with E-state index in [4.69, 9.17) is 9.47 Å². The lowest BCUT2D eigenvalue weighted by molar-refractivity contribution is -0.124. The zero-order chi connectivity index (χ0) is 23.2. The molecular formula is C26H24N2O4S. The second-order valence-corrected chi connectivity index (χ2v) is 8.63. The van der Waals surface area contributed by atoms with Crippen molar-refractivity contribution in [3.05, 3.63) is 94.5 Å². The molecule has 0 aliphatic carbocycles. The van der Waals surface area contributed by atoms with Crippen LogP contribution in [0.3, 0.4) is 0 Å². The third-order valence-electron chi connectivity index (χ3n) is 5.23. The van der Waals surface area contributed by atoms with Gasteiger partial charge in [-0.2, -0.15) is 0 Å². The van der Waals surface area contributed by atoms with Gasteiger partial charge >= 0.3 is 5.97 Å².